The average molecular weight is 330 g/mol. The molecular weight excluding hydrogens is 317 g/mol. The van der Waals surface area contributed by atoms with Gasteiger partial charge in [0, 0.05) is 12.3 Å². The Kier molecular flexibility index (Phi) is 4.12. The number of benzene rings is 1. The molecule has 1 aromatic carbocycles. The molecule has 4 nitrogen and oxygen atoms in total. The van der Waals surface area contributed by atoms with Crippen LogP contribution in [0.2, 0.25) is 5.15 Å². The zero-order valence-corrected chi connectivity index (χ0v) is 13.0. The summed E-state index contributed by atoms with van der Waals surface area (Å²) in [4.78, 5) is 16.1. The number of halogens is 2. The highest BCUT2D eigenvalue weighted by atomic mass is 35.5. The summed E-state index contributed by atoms with van der Waals surface area (Å²) in [6, 6.07) is 10.1. The smallest absolute Gasteiger partial charge is 0.248 e. The molecule has 6 heteroatoms. The molecule has 3 rings (SSSR count). The Hall–Kier alpha value is -2.66. The lowest BCUT2D eigenvalue weighted by Crippen LogP contribution is -2.09. The summed E-state index contributed by atoms with van der Waals surface area (Å²) in [6.07, 6.45) is 4.64. The number of rotatable bonds is 3. The quantitative estimate of drug-likeness (QED) is 0.736. The van der Waals surface area contributed by atoms with Gasteiger partial charge in [-0.25, -0.2) is 9.37 Å². The minimum Gasteiger partial charge on any atom is -0.320 e. The Morgan fingerprint density at radius 2 is 2.17 bits per heavy atom. The van der Waals surface area contributed by atoms with Crippen LogP contribution in [0.4, 0.5) is 10.1 Å². The predicted octanol–water partition coefficient (Wildman–Crippen LogP) is 4.09. The maximum atomic E-state index is 13.7. The van der Waals surface area contributed by atoms with E-state index in [1.54, 1.807) is 29.7 Å². The van der Waals surface area contributed by atoms with Crippen LogP contribution in [0.25, 0.3) is 11.7 Å². The lowest BCUT2D eigenvalue weighted by Gasteiger charge is -2.04. The fourth-order valence-electron chi connectivity index (χ4n) is 2.19. The molecule has 1 N–H and O–H groups in total. The van der Waals surface area contributed by atoms with Gasteiger partial charge in [0.25, 0.3) is 0 Å². The highest BCUT2D eigenvalue weighted by Gasteiger charge is 2.08. The largest absolute Gasteiger partial charge is 0.320 e. The van der Waals surface area contributed by atoms with E-state index < -0.39 is 11.7 Å². The van der Waals surface area contributed by atoms with Gasteiger partial charge in [-0.1, -0.05) is 23.7 Å². The van der Waals surface area contributed by atoms with Crippen LogP contribution in [0.3, 0.4) is 0 Å². The second kappa shape index (κ2) is 6.22. The van der Waals surface area contributed by atoms with E-state index in [4.69, 9.17) is 11.6 Å². The van der Waals surface area contributed by atoms with Crippen LogP contribution in [0.1, 0.15) is 11.3 Å². The van der Waals surface area contributed by atoms with Gasteiger partial charge < -0.3 is 5.32 Å². The first-order valence-corrected chi connectivity index (χ1v) is 7.30. The standard InChI is InChI=1S/C17H13ClFN3O/c1-11-5-6-13(12(19)10-11)20-16(23)8-7-14-17(18)21-15-4-2-3-9-22(14)15/h2-10H,1H3,(H,20,23)/b8-7+. The number of amides is 1. The third-order valence-electron chi connectivity index (χ3n) is 3.30. The normalized spacial score (nSPS) is 11.3. The number of carbonyl (C=O) groups is 1. The van der Waals surface area contributed by atoms with Crippen LogP contribution in [-0.4, -0.2) is 15.3 Å². The van der Waals surface area contributed by atoms with Crippen LogP contribution in [0.5, 0.6) is 0 Å². The Bertz CT molecular complexity index is 917. The molecule has 2 aromatic heterocycles. The molecule has 2 heterocycles. The Morgan fingerprint density at radius 1 is 1.35 bits per heavy atom. The predicted molar refractivity (Wildman–Crippen MR) is 89.0 cm³/mol. The first-order valence-electron chi connectivity index (χ1n) is 6.92. The van der Waals surface area contributed by atoms with E-state index in [2.05, 4.69) is 10.3 Å². The van der Waals surface area contributed by atoms with E-state index >= 15 is 0 Å². The monoisotopic (exact) mass is 329 g/mol. The van der Waals surface area contributed by atoms with Gasteiger partial charge >= 0.3 is 0 Å². The fourth-order valence-corrected chi connectivity index (χ4v) is 2.43. The van der Waals surface area contributed by atoms with E-state index in [1.807, 2.05) is 18.2 Å². The lowest BCUT2D eigenvalue weighted by atomic mass is 10.2. The van der Waals surface area contributed by atoms with Gasteiger partial charge in [-0.15, -0.1) is 0 Å². The number of imidazole rings is 1. The Balaban J connectivity index is 1.81. The van der Waals surface area contributed by atoms with Gasteiger partial charge in [0.05, 0.1) is 11.4 Å². The summed E-state index contributed by atoms with van der Waals surface area (Å²) in [7, 11) is 0. The molecule has 0 unspecified atom stereocenters. The van der Waals surface area contributed by atoms with Crippen LogP contribution < -0.4 is 5.32 Å². The van der Waals surface area contributed by atoms with E-state index in [-0.39, 0.29) is 5.69 Å². The van der Waals surface area contributed by atoms with Crippen molar-refractivity contribution in [3.8, 4) is 0 Å². The van der Waals surface area contributed by atoms with Crippen molar-refractivity contribution in [3.05, 3.63) is 70.9 Å². The van der Waals surface area contributed by atoms with Crippen molar-refractivity contribution in [1.29, 1.82) is 0 Å². The van der Waals surface area contributed by atoms with Crippen molar-refractivity contribution in [1.82, 2.24) is 9.38 Å². The first kappa shape index (κ1) is 15.2. The maximum absolute atomic E-state index is 13.7. The van der Waals surface area contributed by atoms with Crippen LogP contribution in [0.15, 0.2) is 48.7 Å². The average Bonchev–Trinajstić information content (AvgIpc) is 2.83. The molecule has 0 aliphatic heterocycles. The molecule has 0 spiro atoms. The molecule has 0 aliphatic rings. The highest BCUT2D eigenvalue weighted by Crippen LogP contribution is 2.19. The molecule has 0 radical (unpaired) electrons. The SMILES string of the molecule is Cc1ccc(NC(=O)/C=C/c2c(Cl)nc3ccccn23)c(F)c1. The first-order chi connectivity index (χ1) is 11.0. The van der Waals surface area contributed by atoms with Crippen LogP contribution >= 0.6 is 11.6 Å². The molecule has 0 saturated carbocycles. The highest BCUT2D eigenvalue weighted by molar-refractivity contribution is 6.31. The maximum Gasteiger partial charge on any atom is 0.248 e. The van der Waals surface area contributed by atoms with Gasteiger partial charge in [-0.2, -0.15) is 0 Å². The molecular formula is C17H13ClFN3O. The van der Waals surface area contributed by atoms with Gasteiger partial charge in [-0.3, -0.25) is 9.20 Å². The van der Waals surface area contributed by atoms with Gasteiger partial charge in [0.2, 0.25) is 5.91 Å². The second-order valence-corrected chi connectivity index (χ2v) is 5.38. The van der Waals surface area contributed by atoms with Gasteiger partial charge in [-0.05, 0) is 42.8 Å². The van der Waals surface area contributed by atoms with Crippen molar-refractivity contribution in [3.63, 3.8) is 0 Å². The van der Waals surface area contributed by atoms with Crippen molar-refractivity contribution in [2.24, 2.45) is 0 Å². The molecule has 3 aromatic rings. The molecule has 1 amide bonds. The summed E-state index contributed by atoms with van der Waals surface area (Å²) >= 11 is 6.08. The van der Waals surface area contributed by atoms with Crippen LogP contribution in [-0.2, 0) is 4.79 Å². The van der Waals surface area contributed by atoms with Crippen molar-refractivity contribution < 1.29 is 9.18 Å². The number of fused-ring (bicyclic) bond motifs is 1. The Morgan fingerprint density at radius 3 is 2.96 bits per heavy atom. The number of carbonyl (C=O) groups excluding carboxylic acids is 1. The molecule has 0 atom stereocenters. The molecule has 0 aliphatic carbocycles. The Labute approximate surface area is 137 Å². The van der Waals surface area contributed by atoms with E-state index in [9.17, 15) is 9.18 Å². The molecule has 23 heavy (non-hydrogen) atoms. The van der Waals surface area contributed by atoms with Crippen molar-refractivity contribution in [2.45, 2.75) is 6.92 Å². The van der Waals surface area contributed by atoms with E-state index in [0.717, 1.165) is 5.56 Å². The lowest BCUT2D eigenvalue weighted by molar-refractivity contribution is -0.111. The summed E-state index contributed by atoms with van der Waals surface area (Å²) < 4.78 is 15.5. The molecule has 0 bridgehead atoms. The molecule has 0 saturated heterocycles. The van der Waals surface area contributed by atoms with Crippen molar-refractivity contribution >= 4 is 34.9 Å². The van der Waals surface area contributed by atoms with Crippen molar-refractivity contribution in [2.75, 3.05) is 5.32 Å². The number of pyridine rings is 1. The number of nitrogens with one attached hydrogen (secondary N) is 1. The minimum absolute atomic E-state index is 0.134. The summed E-state index contributed by atoms with van der Waals surface area (Å²) in [6.45, 7) is 1.78. The third kappa shape index (κ3) is 3.24. The van der Waals surface area contributed by atoms with Gasteiger partial charge in [0.15, 0.2) is 5.15 Å². The van der Waals surface area contributed by atoms with E-state index in [0.29, 0.717) is 16.5 Å². The summed E-state index contributed by atoms with van der Waals surface area (Å²) in [5, 5.41) is 2.79. The molecule has 116 valence electrons. The number of nitrogens with zero attached hydrogens (tertiary/aromatic N) is 2. The topological polar surface area (TPSA) is 46.4 Å². The minimum atomic E-state index is -0.473. The summed E-state index contributed by atoms with van der Waals surface area (Å²) in [5.41, 5.74) is 2.19. The molecule has 0 fully saturated rings. The van der Waals surface area contributed by atoms with E-state index in [1.165, 1.54) is 18.2 Å². The van der Waals surface area contributed by atoms with Crippen LogP contribution in [0, 0.1) is 12.7 Å². The zero-order chi connectivity index (χ0) is 16.4. The summed E-state index contributed by atoms with van der Waals surface area (Å²) in [5.74, 6) is -0.922. The number of aryl methyl sites for hydroxylation is 1. The number of aromatic nitrogens is 2. The number of hydrogen-bond donors (Lipinski definition) is 1. The third-order valence-corrected chi connectivity index (χ3v) is 3.58. The number of hydrogen-bond acceptors (Lipinski definition) is 2. The zero-order valence-electron chi connectivity index (χ0n) is 12.3. The number of anilines is 1. The second-order valence-electron chi connectivity index (χ2n) is 5.02. The fraction of sp³-hybridized carbons (Fsp3) is 0.0588. The van der Waals surface area contributed by atoms with Gasteiger partial charge in [0.1, 0.15) is 11.5 Å².